The van der Waals surface area contributed by atoms with Gasteiger partial charge in [-0.15, -0.1) is 11.8 Å². The molecule has 2 heterocycles. The molecule has 3 aromatic carbocycles. The summed E-state index contributed by atoms with van der Waals surface area (Å²) < 4.78 is 7.92. The SMILES string of the molecule is CSc1ccc(C2C(C(=O)OCc3ccccc3)=C(C)N=c3sc(=Cc4ccc(C)cc4)c(=O)n32)cc1. The third kappa shape index (κ3) is 5.24. The highest BCUT2D eigenvalue weighted by Crippen LogP contribution is 2.32. The summed E-state index contributed by atoms with van der Waals surface area (Å²) in [6.07, 6.45) is 3.89. The van der Waals surface area contributed by atoms with Crippen LogP contribution in [0.5, 0.6) is 0 Å². The van der Waals surface area contributed by atoms with E-state index in [9.17, 15) is 9.59 Å². The number of carbonyl (C=O) groups excluding carboxylic acids is 1. The highest BCUT2D eigenvalue weighted by molar-refractivity contribution is 7.98. The average Bonchev–Trinajstić information content (AvgIpc) is 3.22. The maximum Gasteiger partial charge on any atom is 0.338 e. The van der Waals surface area contributed by atoms with Gasteiger partial charge in [-0.2, -0.15) is 0 Å². The number of aromatic nitrogens is 1. The van der Waals surface area contributed by atoms with Gasteiger partial charge in [0.1, 0.15) is 6.61 Å². The Hall–Kier alpha value is -3.68. The average molecular weight is 527 g/mol. The number of ether oxygens (including phenoxy) is 1. The Balaban J connectivity index is 1.61. The van der Waals surface area contributed by atoms with Crippen LogP contribution in [0.4, 0.5) is 0 Å². The summed E-state index contributed by atoms with van der Waals surface area (Å²) in [7, 11) is 0. The van der Waals surface area contributed by atoms with Crippen molar-refractivity contribution in [2.45, 2.75) is 31.4 Å². The van der Waals surface area contributed by atoms with Gasteiger partial charge in [-0.25, -0.2) is 9.79 Å². The molecule has 0 bridgehead atoms. The lowest BCUT2D eigenvalue weighted by Crippen LogP contribution is -2.39. The third-order valence-electron chi connectivity index (χ3n) is 6.26. The quantitative estimate of drug-likeness (QED) is 0.262. The van der Waals surface area contributed by atoms with Crippen LogP contribution < -0.4 is 14.9 Å². The van der Waals surface area contributed by atoms with Gasteiger partial charge in [0.2, 0.25) is 0 Å². The smallest absolute Gasteiger partial charge is 0.338 e. The normalized spacial score (nSPS) is 15.3. The molecule has 1 unspecified atom stereocenters. The van der Waals surface area contributed by atoms with E-state index in [1.807, 2.05) is 98.1 Å². The van der Waals surface area contributed by atoms with E-state index in [1.54, 1.807) is 23.3 Å². The van der Waals surface area contributed by atoms with Crippen molar-refractivity contribution >= 4 is 35.1 Å². The molecule has 37 heavy (non-hydrogen) atoms. The second-order valence-corrected chi connectivity index (χ2v) is 10.7. The highest BCUT2D eigenvalue weighted by atomic mass is 32.2. The Morgan fingerprint density at radius 3 is 2.41 bits per heavy atom. The van der Waals surface area contributed by atoms with Gasteiger partial charge in [0.25, 0.3) is 5.56 Å². The number of fused-ring (bicyclic) bond motifs is 1. The van der Waals surface area contributed by atoms with Gasteiger partial charge in [0.15, 0.2) is 4.80 Å². The molecule has 7 heteroatoms. The highest BCUT2D eigenvalue weighted by Gasteiger charge is 2.33. The number of thioether (sulfide) groups is 1. The van der Waals surface area contributed by atoms with Crippen molar-refractivity contribution in [3.05, 3.63) is 132 Å². The maximum atomic E-state index is 13.7. The van der Waals surface area contributed by atoms with E-state index < -0.39 is 12.0 Å². The first-order valence-electron chi connectivity index (χ1n) is 11.9. The predicted octanol–water partition coefficient (Wildman–Crippen LogP) is 5.01. The molecule has 0 amide bonds. The standard InChI is InChI=1S/C30H26N2O3S2/c1-19-9-11-21(12-10-19)17-25-28(33)32-27(23-13-15-24(36-3)16-14-23)26(20(2)31-30(32)37-25)29(34)35-18-22-7-5-4-6-8-22/h4-17,27H,18H2,1-3H3. The van der Waals surface area contributed by atoms with E-state index in [-0.39, 0.29) is 12.2 Å². The molecular weight excluding hydrogens is 500 g/mol. The van der Waals surface area contributed by atoms with Crippen molar-refractivity contribution in [3.63, 3.8) is 0 Å². The zero-order valence-electron chi connectivity index (χ0n) is 20.8. The topological polar surface area (TPSA) is 60.7 Å². The van der Waals surface area contributed by atoms with Crippen LogP contribution in [0.1, 0.15) is 35.2 Å². The van der Waals surface area contributed by atoms with Crippen LogP contribution in [0, 0.1) is 6.92 Å². The van der Waals surface area contributed by atoms with E-state index in [4.69, 9.17) is 4.74 Å². The first-order chi connectivity index (χ1) is 17.9. The lowest BCUT2D eigenvalue weighted by molar-refractivity contribution is -0.140. The maximum absolute atomic E-state index is 13.7. The molecule has 0 N–H and O–H groups in total. The van der Waals surface area contributed by atoms with Gasteiger partial charge in [-0.3, -0.25) is 9.36 Å². The Labute approximate surface area is 223 Å². The minimum absolute atomic E-state index is 0.145. The van der Waals surface area contributed by atoms with Gasteiger partial charge in [-0.05, 0) is 55.0 Å². The third-order valence-corrected chi connectivity index (χ3v) is 7.99. The molecule has 0 spiro atoms. The molecule has 0 fully saturated rings. The molecule has 186 valence electrons. The minimum atomic E-state index is -0.629. The fraction of sp³-hybridized carbons (Fsp3) is 0.167. The first-order valence-corrected chi connectivity index (χ1v) is 13.9. The Bertz CT molecular complexity index is 1650. The van der Waals surface area contributed by atoms with Crippen LogP contribution in [0.15, 0.2) is 105 Å². The molecule has 5 nitrogen and oxygen atoms in total. The zero-order valence-corrected chi connectivity index (χ0v) is 22.4. The molecule has 1 aromatic heterocycles. The Morgan fingerprint density at radius 1 is 1.03 bits per heavy atom. The van der Waals surface area contributed by atoms with Gasteiger partial charge in [0.05, 0.1) is 21.8 Å². The van der Waals surface area contributed by atoms with Crippen LogP contribution in [0.25, 0.3) is 6.08 Å². The minimum Gasteiger partial charge on any atom is -0.457 e. The van der Waals surface area contributed by atoms with E-state index in [0.717, 1.165) is 27.1 Å². The fourth-order valence-electron chi connectivity index (χ4n) is 4.30. The molecule has 0 aliphatic carbocycles. The van der Waals surface area contributed by atoms with Crippen molar-refractivity contribution in [1.29, 1.82) is 0 Å². The Kier molecular flexibility index (Phi) is 7.26. The number of hydrogen-bond donors (Lipinski definition) is 0. The second-order valence-electron chi connectivity index (χ2n) is 8.83. The van der Waals surface area contributed by atoms with Crippen molar-refractivity contribution in [2.75, 3.05) is 6.26 Å². The van der Waals surface area contributed by atoms with Crippen molar-refractivity contribution in [2.24, 2.45) is 4.99 Å². The molecule has 0 radical (unpaired) electrons. The van der Waals surface area contributed by atoms with E-state index in [1.165, 1.54) is 11.3 Å². The van der Waals surface area contributed by atoms with Crippen molar-refractivity contribution in [1.82, 2.24) is 4.57 Å². The molecule has 4 aromatic rings. The summed E-state index contributed by atoms with van der Waals surface area (Å²) in [5, 5.41) is 0. The second kappa shape index (κ2) is 10.7. The number of hydrogen-bond acceptors (Lipinski definition) is 6. The Morgan fingerprint density at radius 2 is 1.73 bits per heavy atom. The number of allylic oxidation sites excluding steroid dienone is 1. The number of carbonyl (C=O) groups is 1. The molecule has 0 saturated carbocycles. The van der Waals surface area contributed by atoms with Crippen LogP contribution in [-0.4, -0.2) is 16.8 Å². The fourth-order valence-corrected chi connectivity index (χ4v) is 5.75. The molecular formula is C30H26N2O3S2. The summed E-state index contributed by atoms with van der Waals surface area (Å²) in [6.45, 7) is 3.98. The monoisotopic (exact) mass is 526 g/mol. The summed E-state index contributed by atoms with van der Waals surface area (Å²) in [5.74, 6) is -0.475. The van der Waals surface area contributed by atoms with Gasteiger partial charge in [-0.1, -0.05) is 83.6 Å². The first kappa shape index (κ1) is 25.0. The largest absolute Gasteiger partial charge is 0.457 e. The number of nitrogens with zero attached hydrogens (tertiary/aromatic N) is 2. The van der Waals surface area contributed by atoms with Gasteiger partial charge >= 0.3 is 5.97 Å². The van der Waals surface area contributed by atoms with Crippen LogP contribution >= 0.6 is 23.1 Å². The van der Waals surface area contributed by atoms with E-state index >= 15 is 0 Å². The van der Waals surface area contributed by atoms with E-state index in [0.29, 0.717) is 20.6 Å². The van der Waals surface area contributed by atoms with Gasteiger partial charge in [0, 0.05) is 4.90 Å². The zero-order chi connectivity index (χ0) is 25.9. The van der Waals surface area contributed by atoms with E-state index in [2.05, 4.69) is 4.99 Å². The van der Waals surface area contributed by atoms with Crippen molar-refractivity contribution < 1.29 is 9.53 Å². The molecule has 1 atom stereocenters. The van der Waals surface area contributed by atoms with Crippen molar-refractivity contribution in [3.8, 4) is 0 Å². The van der Waals surface area contributed by atoms with Crippen LogP contribution in [0.2, 0.25) is 0 Å². The summed E-state index contributed by atoms with van der Waals surface area (Å²) in [4.78, 5) is 33.6. The number of rotatable bonds is 6. The number of benzene rings is 3. The van der Waals surface area contributed by atoms with Crippen LogP contribution in [-0.2, 0) is 16.1 Å². The lowest BCUT2D eigenvalue weighted by Gasteiger charge is -2.25. The summed E-state index contributed by atoms with van der Waals surface area (Å²) in [6, 6.07) is 24.9. The summed E-state index contributed by atoms with van der Waals surface area (Å²) >= 11 is 2.97. The summed E-state index contributed by atoms with van der Waals surface area (Å²) in [5.41, 5.74) is 4.58. The number of esters is 1. The van der Waals surface area contributed by atoms with Gasteiger partial charge < -0.3 is 4.74 Å². The molecule has 1 aliphatic rings. The molecule has 1 aliphatic heterocycles. The lowest BCUT2D eigenvalue weighted by atomic mass is 9.96. The molecule has 0 saturated heterocycles. The van der Waals surface area contributed by atoms with Crippen LogP contribution in [0.3, 0.4) is 0 Å². The molecule has 5 rings (SSSR count). The predicted molar refractivity (Wildman–Crippen MR) is 149 cm³/mol. The number of thiazole rings is 1. The number of aryl methyl sites for hydroxylation is 1.